The molecule has 5 heteroatoms. The molecule has 2 aromatic rings. The van der Waals surface area contributed by atoms with Crippen molar-refractivity contribution in [1.82, 2.24) is 4.57 Å². The SMILES string of the molecule is CC1=C(C(=O)OCC(C)C)c2c(C#CC(C)(O)c3ccccc3)cn(C)c(=O)c2C1. The Balaban J connectivity index is 2.09. The number of aryl methyl sites for hydroxylation is 1. The van der Waals surface area contributed by atoms with Crippen LogP contribution in [-0.2, 0) is 28.6 Å². The first-order valence-corrected chi connectivity index (χ1v) is 10.0. The smallest absolute Gasteiger partial charge is 0.338 e. The number of allylic oxidation sites excluding steroid dienone is 1. The summed E-state index contributed by atoms with van der Waals surface area (Å²) in [6, 6.07) is 9.15. The molecule has 0 bridgehead atoms. The quantitative estimate of drug-likeness (QED) is 0.627. The van der Waals surface area contributed by atoms with Crippen molar-refractivity contribution in [2.45, 2.75) is 39.7 Å². The van der Waals surface area contributed by atoms with Crippen molar-refractivity contribution >= 4 is 11.5 Å². The number of hydrogen-bond donors (Lipinski definition) is 1. The van der Waals surface area contributed by atoms with Crippen molar-refractivity contribution in [2.75, 3.05) is 6.61 Å². The van der Waals surface area contributed by atoms with Crippen LogP contribution in [0.1, 0.15) is 49.9 Å². The molecule has 0 saturated heterocycles. The highest BCUT2D eigenvalue weighted by Gasteiger charge is 2.31. The predicted molar refractivity (Wildman–Crippen MR) is 117 cm³/mol. The molecule has 0 radical (unpaired) electrons. The van der Waals surface area contributed by atoms with Gasteiger partial charge in [-0.1, -0.05) is 61.6 Å². The number of carbonyl (C=O) groups is 1. The molecule has 0 fully saturated rings. The standard InChI is InChI=1S/C25H27NO4/c1-16(2)15-30-24(28)21-17(3)13-20-22(21)18(14-26(5)23(20)27)11-12-25(4,29)19-9-7-6-8-10-19/h6-10,14,16,29H,13,15H2,1-5H3. The molecule has 1 aliphatic carbocycles. The summed E-state index contributed by atoms with van der Waals surface area (Å²) in [6.45, 7) is 7.70. The van der Waals surface area contributed by atoms with Gasteiger partial charge in [0.25, 0.3) is 5.56 Å². The first kappa shape index (κ1) is 21.6. The molecule has 1 atom stereocenters. The normalized spacial score (nSPS) is 14.8. The fraction of sp³-hybridized carbons (Fsp3) is 0.360. The molecule has 156 valence electrons. The highest BCUT2D eigenvalue weighted by molar-refractivity contribution is 6.19. The summed E-state index contributed by atoms with van der Waals surface area (Å²) in [7, 11) is 1.66. The Morgan fingerprint density at radius 1 is 1.30 bits per heavy atom. The second kappa shape index (κ2) is 8.33. The fourth-order valence-electron chi connectivity index (χ4n) is 3.53. The van der Waals surface area contributed by atoms with E-state index in [4.69, 9.17) is 4.74 Å². The van der Waals surface area contributed by atoms with Gasteiger partial charge in [-0.05, 0) is 25.3 Å². The zero-order chi connectivity index (χ0) is 22.1. The maximum absolute atomic E-state index is 12.8. The van der Waals surface area contributed by atoms with Gasteiger partial charge in [-0.2, -0.15) is 0 Å². The lowest BCUT2D eigenvalue weighted by Gasteiger charge is -2.17. The lowest BCUT2D eigenvalue weighted by Crippen LogP contribution is -2.23. The van der Waals surface area contributed by atoms with Gasteiger partial charge in [0, 0.05) is 36.4 Å². The van der Waals surface area contributed by atoms with E-state index in [9.17, 15) is 14.7 Å². The Labute approximate surface area is 177 Å². The van der Waals surface area contributed by atoms with Crippen molar-refractivity contribution in [1.29, 1.82) is 0 Å². The van der Waals surface area contributed by atoms with Crippen LogP contribution in [-0.4, -0.2) is 22.2 Å². The second-order valence-corrected chi connectivity index (χ2v) is 8.33. The summed E-state index contributed by atoms with van der Waals surface area (Å²) in [5.41, 5.74) is 1.93. The van der Waals surface area contributed by atoms with E-state index in [0.29, 0.717) is 40.9 Å². The van der Waals surface area contributed by atoms with E-state index in [-0.39, 0.29) is 11.5 Å². The Hall–Kier alpha value is -3.10. The highest BCUT2D eigenvalue weighted by atomic mass is 16.5. The molecule has 1 aromatic carbocycles. The Morgan fingerprint density at radius 2 is 1.97 bits per heavy atom. The number of aromatic nitrogens is 1. The van der Waals surface area contributed by atoms with Crippen LogP contribution in [0.15, 0.2) is 46.9 Å². The molecule has 0 saturated carbocycles. The molecule has 0 spiro atoms. The zero-order valence-electron chi connectivity index (χ0n) is 18.1. The number of esters is 1. The molecule has 1 aromatic heterocycles. The lowest BCUT2D eigenvalue weighted by molar-refractivity contribution is -0.137. The summed E-state index contributed by atoms with van der Waals surface area (Å²) in [5.74, 6) is 5.70. The van der Waals surface area contributed by atoms with Gasteiger partial charge in [-0.3, -0.25) is 4.79 Å². The first-order valence-electron chi connectivity index (χ1n) is 10.0. The van der Waals surface area contributed by atoms with Crippen LogP contribution in [0.5, 0.6) is 0 Å². The number of rotatable bonds is 4. The number of aliphatic hydroxyl groups is 1. The first-order chi connectivity index (χ1) is 14.1. The van der Waals surface area contributed by atoms with Crippen molar-refractivity contribution in [2.24, 2.45) is 13.0 Å². The van der Waals surface area contributed by atoms with Crippen LogP contribution >= 0.6 is 0 Å². The third-order valence-electron chi connectivity index (χ3n) is 5.12. The van der Waals surface area contributed by atoms with Gasteiger partial charge < -0.3 is 14.4 Å². The molecule has 5 nitrogen and oxygen atoms in total. The summed E-state index contributed by atoms with van der Waals surface area (Å²) in [6.07, 6.45) is 2.00. The van der Waals surface area contributed by atoms with Crippen LogP contribution in [0.25, 0.3) is 5.57 Å². The average molecular weight is 405 g/mol. The van der Waals surface area contributed by atoms with E-state index in [0.717, 1.165) is 5.57 Å². The molecule has 3 rings (SSSR count). The van der Waals surface area contributed by atoms with Crippen LogP contribution in [0.4, 0.5) is 0 Å². The molecule has 1 aliphatic rings. The van der Waals surface area contributed by atoms with Gasteiger partial charge >= 0.3 is 5.97 Å². The van der Waals surface area contributed by atoms with Crippen LogP contribution in [0.3, 0.4) is 0 Å². The second-order valence-electron chi connectivity index (χ2n) is 8.33. The van der Waals surface area contributed by atoms with E-state index in [1.165, 1.54) is 4.57 Å². The van der Waals surface area contributed by atoms with Gasteiger partial charge in [0.15, 0.2) is 0 Å². The van der Waals surface area contributed by atoms with Crippen molar-refractivity contribution in [3.63, 3.8) is 0 Å². The van der Waals surface area contributed by atoms with Crippen molar-refractivity contribution < 1.29 is 14.6 Å². The topological polar surface area (TPSA) is 68.5 Å². The number of ether oxygens (including phenoxy) is 1. The Morgan fingerprint density at radius 3 is 2.60 bits per heavy atom. The summed E-state index contributed by atoms with van der Waals surface area (Å²) < 4.78 is 6.92. The van der Waals surface area contributed by atoms with Crippen LogP contribution in [0, 0.1) is 17.8 Å². The molecule has 1 N–H and O–H groups in total. The van der Waals surface area contributed by atoms with Crippen molar-refractivity contribution in [3.8, 4) is 11.8 Å². The van der Waals surface area contributed by atoms with Crippen LogP contribution < -0.4 is 5.56 Å². The molecule has 0 aliphatic heterocycles. The minimum atomic E-state index is -1.38. The average Bonchev–Trinajstić information content (AvgIpc) is 3.06. The maximum atomic E-state index is 12.8. The van der Waals surface area contributed by atoms with E-state index in [2.05, 4.69) is 11.8 Å². The minimum Gasteiger partial charge on any atom is -0.462 e. The molecular weight excluding hydrogens is 378 g/mol. The molecule has 1 heterocycles. The van der Waals surface area contributed by atoms with Gasteiger partial charge in [0.2, 0.25) is 0 Å². The zero-order valence-corrected chi connectivity index (χ0v) is 18.1. The summed E-state index contributed by atoms with van der Waals surface area (Å²) in [4.78, 5) is 25.5. The lowest BCUT2D eigenvalue weighted by atomic mass is 9.95. The monoisotopic (exact) mass is 405 g/mol. The third kappa shape index (κ3) is 4.24. The Kier molecular flexibility index (Phi) is 6.00. The van der Waals surface area contributed by atoms with Gasteiger partial charge in [0.05, 0.1) is 12.2 Å². The number of hydrogen-bond acceptors (Lipinski definition) is 4. The summed E-state index contributed by atoms with van der Waals surface area (Å²) in [5, 5.41) is 10.8. The molecule has 0 amide bonds. The van der Waals surface area contributed by atoms with E-state index < -0.39 is 11.6 Å². The van der Waals surface area contributed by atoms with Gasteiger partial charge in [0.1, 0.15) is 5.60 Å². The summed E-state index contributed by atoms with van der Waals surface area (Å²) >= 11 is 0. The number of fused-ring (bicyclic) bond motifs is 1. The van der Waals surface area contributed by atoms with E-state index >= 15 is 0 Å². The molecule has 1 unspecified atom stereocenters. The van der Waals surface area contributed by atoms with Gasteiger partial charge in [-0.25, -0.2) is 4.79 Å². The van der Waals surface area contributed by atoms with Crippen molar-refractivity contribution in [3.05, 3.63) is 74.7 Å². The molecular formula is C25H27NO4. The van der Waals surface area contributed by atoms with E-state index in [1.807, 2.05) is 39.0 Å². The number of benzene rings is 1. The van der Waals surface area contributed by atoms with E-state index in [1.54, 1.807) is 32.3 Å². The predicted octanol–water partition coefficient (Wildman–Crippen LogP) is 3.17. The number of nitrogens with zero attached hydrogens (tertiary/aromatic N) is 1. The number of pyridine rings is 1. The largest absolute Gasteiger partial charge is 0.462 e. The van der Waals surface area contributed by atoms with Crippen LogP contribution in [0.2, 0.25) is 0 Å². The fourth-order valence-corrected chi connectivity index (χ4v) is 3.53. The maximum Gasteiger partial charge on any atom is 0.338 e. The third-order valence-corrected chi connectivity index (χ3v) is 5.12. The number of carbonyl (C=O) groups excluding carboxylic acids is 1. The minimum absolute atomic E-state index is 0.156. The molecule has 30 heavy (non-hydrogen) atoms. The Bertz CT molecular complexity index is 1130. The highest BCUT2D eigenvalue weighted by Crippen LogP contribution is 2.34. The van der Waals surface area contributed by atoms with Gasteiger partial charge in [-0.15, -0.1) is 0 Å².